The van der Waals surface area contributed by atoms with Gasteiger partial charge in [0.25, 0.3) is 5.91 Å². The van der Waals surface area contributed by atoms with Gasteiger partial charge >= 0.3 is 0 Å². The van der Waals surface area contributed by atoms with Gasteiger partial charge in [0.2, 0.25) is 0 Å². The van der Waals surface area contributed by atoms with Gasteiger partial charge in [0.15, 0.2) is 18.2 Å². The van der Waals surface area contributed by atoms with Gasteiger partial charge in [-0.3, -0.25) is 4.79 Å². The van der Waals surface area contributed by atoms with Crippen molar-refractivity contribution in [3.63, 3.8) is 0 Å². The summed E-state index contributed by atoms with van der Waals surface area (Å²) in [5, 5.41) is 2.62. The number of hydrogen-bond donors (Lipinski definition) is 1. The van der Waals surface area contributed by atoms with Gasteiger partial charge in [0, 0.05) is 0 Å². The minimum atomic E-state index is -0.430. The molecule has 2 aromatic rings. The van der Waals surface area contributed by atoms with Crippen LogP contribution in [0.3, 0.4) is 0 Å². The van der Waals surface area contributed by atoms with Crippen LogP contribution >= 0.6 is 0 Å². The Morgan fingerprint density at radius 1 is 1.04 bits per heavy atom. The molecule has 0 aromatic heterocycles. The molecule has 0 aliphatic rings. The number of rotatable bonds is 6. The molecule has 0 heterocycles. The highest BCUT2D eigenvalue weighted by molar-refractivity contribution is 5.77. The van der Waals surface area contributed by atoms with Crippen molar-refractivity contribution in [2.75, 3.05) is 19.8 Å². The summed E-state index contributed by atoms with van der Waals surface area (Å²) in [6, 6.07) is 13.6. The minimum absolute atomic E-state index is 0.0521. The molecule has 124 valence electrons. The largest absolute Gasteiger partial charge is 0.484 e. The highest BCUT2D eigenvalue weighted by atomic mass is 19.1. The Bertz CT molecular complexity index is 750. The quantitative estimate of drug-likeness (QED) is 0.830. The Morgan fingerprint density at radius 2 is 1.75 bits per heavy atom. The van der Waals surface area contributed by atoms with E-state index >= 15 is 0 Å². The van der Waals surface area contributed by atoms with E-state index in [2.05, 4.69) is 17.2 Å². The number of halogens is 1. The molecule has 24 heavy (non-hydrogen) atoms. The van der Waals surface area contributed by atoms with Crippen LogP contribution in [0.25, 0.3) is 0 Å². The number of nitrogens with one attached hydrogen (secondary N) is 1. The Labute approximate surface area is 140 Å². The first-order chi connectivity index (χ1) is 11.7. The molecule has 0 aliphatic carbocycles. The minimum Gasteiger partial charge on any atom is -0.484 e. The van der Waals surface area contributed by atoms with Crippen LogP contribution in [-0.4, -0.2) is 25.7 Å². The topological polar surface area (TPSA) is 47.6 Å². The first kappa shape index (κ1) is 17.4. The second-order valence-electron chi connectivity index (χ2n) is 4.90. The summed E-state index contributed by atoms with van der Waals surface area (Å²) in [5.41, 5.74) is 0.968. The molecule has 0 unspecified atom stereocenters. The third-order valence-corrected chi connectivity index (χ3v) is 3.09. The van der Waals surface area contributed by atoms with Crippen molar-refractivity contribution in [3.05, 3.63) is 59.9 Å². The third-order valence-electron chi connectivity index (χ3n) is 3.09. The fourth-order valence-electron chi connectivity index (χ4n) is 1.84. The Hall–Kier alpha value is -3.00. The average molecular weight is 327 g/mol. The molecule has 2 rings (SSSR count). The zero-order valence-corrected chi connectivity index (χ0v) is 13.3. The number of ether oxygens (including phenoxy) is 2. The summed E-state index contributed by atoms with van der Waals surface area (Å²) in [7, 11) is 0. The molecule has 5 heteroatoms. The smallest absolute Gasteiger partial charge is 0.258 e. The van der Waals surface area contributed by atoms with Gasteiger partial charge in [-0.15, -0.1) is 0 Å². The van der Waals surface area contributed by atoms with E-state index in [9.17, 15) is 9.18 Å². The van der Waals surface area contributed by atoms with E-state index in [1.54, 1.807) is 12.1 Å². The molecule has 2 aromatic carbocycles. The van der Waals surface area contributed by atoms with Gasteiger partial charge in [-0.2, -0.15) is 0 Å². The number of carbonyl (C=O) groups excluding carboxylic acids is 1. The molecule has 0 saturated carbocycles. The van der Waals surface area contributed by atoms with Gasteiger partial charge in [-0.1, -0.05) is 42.2 Å². The van der Waals surface area contributed by atoms with Crippen molar-refractivity contribution >= 4 is 5.91 Å². The fraction of sp³-hybridized carbons (Fsp3) is 0.211. The van der Waals surface area contributed by atoms with Crippen LogP contribution < -0.4 is 14.8 Å². The lowest BCUT2D eigenvalue weighted by atomic mass is 10.2. The molecule has 1 amide bonds. The lowest BCUT2D eigenvalue weighted by Gasteiger charge is -2.07. The fourth-order valence-corrected chi connectivity index (χ4v) is 1.84. The van der Waals surface area contributed by atoms with E-state index in [1.165, 1.54) is 12.1 Å². The van der Waals surface area contributed by atoms with Crippen molar-refractivity contribution in [1.29, 1.82) is 0 Å². The molecule has 0 aliphatic heterocycles. The molecule has 0 atom stereocenters. The van der Waals surface area contributed by atoms with Crippen molar-refractivity contribution in [2.24, 2.45) is 0 Å². The molecule has 0 bridgehead atoms. The molecule has 0 saturated heterocycles. The normalized spacial score (nSPS) is 9.58. The lowest BCUT2D eigenvalue weighted by Crippen LogP contribution is -2.29. The summed E-state index contributed by atoms with van der Waals surface area (Å²) in [5.74, 6) is 5.58. The zero-order chi connectivity index (χ0) is 17.2. The van der Waals surface area contributed by atoms with Gasteiger partial charge in [0.05, 0.1) is 6.54 Å². The predicted molar refractivity (Wildman–Crippen MR) is 89.4 cm³/mol. The number of para-hydroxylation sites is 2. The lowest BCUT2D eigenvalue weighted by molar-refractivity contribution is -0.122. The summed E-state index contributed by atoms with van der Waals surface area (Å²) in [6.07, 6.45) is 0. The van der Waals surface area contributed by atoms with E-state index in [1.807, 2.05) is 31.2 Å². The van der Waals surface area contributed by atoms with Crippen molar-refractivity contribution in [1.82, 2.24) is 5.32 Å². The number of benzene rings is 2. The van der Waals surface area contributed by atoms with E-state index in [0.29, 0.717) is 5.75 Å². The molecule has 0 spiro atoms. The Morgan fingerprint density at radius 3 is 2.50 bits per heavy atom. The first-order valence-electron chi connectivity index (χ1n) is 7.45. The zero-order valence-electron chi connectivity index (χ0n) is 13.3. The summed E-state index contributed by atoms with van der Waals surface area (Å²) in [4.78, 5) is 11.6. The second-order valence-corrected chi connectivity index (χ2v) is 4.90. The van der Waals surface area contributed by atoms with E-state index in [4.69, 9.17) is 9.47 Å². The van der Waals surface area contributed by atoms with Crippen LogP contribution in [0.1, 0.15) is 5.56 Å². The molecule has 0 fully saturated rings. The molecule has 4 nitrogen and oxygen atoms in total. The average Bonchev–Trinajstić information content (AvgIpc) is 2.58. The monoisotopic (exact) mass is 327 g/mol. The highest BCUT2D eigenvalue weighted by Crippen LogP contribution is 2.16. The van der Waals surface area contributed by atoms with Gasteiger partial charge < -0.3 is 14.8 Å². The van der Waals surface area contributed by atoms with E-state index in [-0.39, 0.29) is 31.4 Å². The maximum atomic E-state index is 13.3. The molecule has 0 radical (unpaired) electrons. The summed E-state index contributed by atoms with van der Waals surface area (Å²) in [6.45, 7) is 2.07. The maximum absolute atomic E-state index is 13.3. The highest BCUT2D eigenvalue weighted by Gasteiger charge is 2.03. The van der Waals surface area contributed by atoms with Gasteiger partial charge in [0.1, 0.15) is 12.4 Å². The SMILES string of the molecule is Cc1ccccc1OCC(=O)NCC#CCOc1ccccc1F. The van der Waals surface area contributed by atoms with Crippen LogP contribution in [0.5, 0.6) is 11.5 Å². The third kappa shape index (κ3) is 5.65. The molecule has 1 N–H and O–H groups in total. The van der Waals surface area contributed by atoms with Crippen LogP contribution in [0.15, 0.2) is 48.5 Å². The first-order valence-corrected chi connectivity index (χ1v) is 7.45. The van der Waals surface area contributed by atoms with Crippen molar-refractivity contribution in [3.8, 4) is 23.3 Å². The standard InChI is InChI=1S/C19H18FNO3/c1-15-8-2-4-10-17(15)24-14-19(22)21-12-6-7-13-23-18-11-5-3-9-16(18)20/h2-5,8-11H,12-14H2,1H3,(H,21,22). The molecular weight excluding hydrogens is 309 g/mol. The Kier molecular flexibility index (Phi) is 6.66. The number of aryl methyl sites for hydroxylation is 1. The van der Waals surface area contributed by atoms with E-state index < -0.39 is 5.82 Å². The van der Waals surface area contributed by atoms with E-state index in [0.717, 1.165) is 5.56 Å². The second kappa shape index (κ2) is 9.21. The predicted octanol–water partition coefficient (Wildman–Crippen LogP) is 2.71. The van der Waals surface area contributed by atoms with Crippen molar-refractivity contribution < 1.29 is 18.7 Å². The van der Waals surface area contributed by atoms with Gasteiger partial charge in [-0.05, 0) is 30.7 Å². The van der Waals surface area contributed by atoms with Crippen LogP contribution in [-0.2, 0) is 4.79 Å². The molecular formula is C19H18FNO3. The van der Waals surface area contributed by atoms with Crippen LogP contribution in [0.4, 0.5) is 4.39 Å². The number of carbonyl (C=O) groups is 1. The van der Waals surface area contributed by atoms with Crippen LogP contribution in [0, 0.1) is 24.6 Å². The Balaban J connectivity index is 1.65. The van der Waals surface area contributed by atoms with Crippen LogP contribution in [0.2, 0.25) is 0 Å². The summed E-state index contributed by atoms with van der Waals surface area (Å²) >= 11 is 0. The van der Waals surface area contributed by atoms with Crippen molar-refractivity contribution in [2.45, 2.75) is 6.92 Å². The maximum Gasteiger partial charge on any atom is 0.258 e. The summed E-state index contributed by atoms with van der Waals surface area (Å²) < 4.78 is 23.9. The van der Waals surface area contributed by atoms with Gasteiger partial charge in [-0.25, -0.2) is 4.39 Å². The number of amides is 1. The number of hydrogen-bond acceptors (Lipinski definition) is 3.